The first-order chi connectivity index (χ1) is 13.4. The van der Waals surface area contributed by atoms with Crippen LogP contribution in [0.3, 0.4) is 0 Å². The summed E-state index contributed by atoms with van der Waals surface area (Å²) in [7, 11) is 4.21. The SMILES string of the molecule is C=C/C(Cl)=C(\CC)Nc1cc(CCCN(C)C)ccc1NC1=C(Cl)C=CCC1. The van der Waals surface area contributed by atoms with Crippen LogP contribution in [0.5, 0.6) is 0 Å². The van der Waals surface area contributed by atoms with E-state index >= 15 is 0 Å². The highest BCUT2D eigenvalue weighted by molar-refractivity contribution is 6.32. The molecule has 0 bridgehead atoms. The summed E-state index contributed by atoms with van der Waals surface area (Å²) in [5.74, 6) is 0. The molecule has 0 saturated carbocycles. The Kier molecular flexibility index (Phi) is 9.17. The number of benzene rings is 1. The molecule has 1 aromatic carbocycles. The van der Waals surface area contributed by atoms with Gasteiger partial charge in [-0.3, -0.25) is 0 Å². The van der Waals surface area contributed by atoms with E-state index in [9.17, 15) is 0 Å². The first-order valence-corrected chi connectivity index (χ1v) is 10.6. The zero-order chi connectivity index (χ0) is 20.5. The summed E-state index contributed by atoms with van der Waals surface area (Å²) in [4.78, 5) is 2.21. The molecule has 0 heterocycles. The largest absolute Gasteiger partial charge is 0.356 e. The van der Waals surface area contributed by atoms with Crippen molar-refractivity contribution in [1.82, 2.24) is 4.90 Å². The molecule has 0 saturated heterocycles. The Balaban J connectivity index is 2.31. The van der Waals surface area contributed by atoms with Gasteiger partial charge in [-0.05, 0) is 82.6 Å². The topological polar surface area (TPSA) is 27.3 Å². The lowest BCUT2D eigenvalue weighted by Gasteiger charge is -2.20. The standard InChI is InChI=1S/C23H31Cl2N3/c1-5-18(24)20(6-2)26-23-16-17(10-9-15-28(3)4)13-14-22(23)27-21-12-8-7-11-19(21)25/h5,7,11,13-14,16,26-27H,1,6,8-10,12,15H2,2-4H3/b20-18-. The molecular formula is C23H31Cl2N3. The maximum Gasteiger partial charge on any atom is 0.0624 e. The second kappa shape index (κ2) is 11.4. The Morgan fingerprint density at radius 3 is 2.71 bits per heavy atom. The van der Waals surface area contributed by atoms with Crippen LogP contribution in [0.1, 0.15) is 38.2 Å². The molecule has 0 amide bonds. The van der Waals surface area contributed by atoms with Gasteiger partial charge in [0.25, 0.3) is 0 Å². The van der Waals surface area contributed by atoms with Crippen molar-refractivity contribution < 1.29 is 0 Å². The zero-order valence-corrected chi connectivity index (χ0v) is 18.6. The van der Waals surface area contributed by atoms with E-state index < -0.39 is 0 Å². The van der Waals surface area contributed by atoms with E-state index in [1.54, 1.807) is 6.08 Å². The Bertz CT molecular complexity index is 776. The van der Waals surface area contributed by atoms with E-state index in [2.05, 4.69) is 67.4 Å². The van der Waals surface area contributed by atoms with Crippen molar-refractivity contribution in [3.8, 4) is 0 Å². The fraction of sp³-hybridized carbons (Fsp3) is 0.391. The highest BCUT2D eigenvalue weighted by Gasteiger charge is 2.12. The van der Waals surface area contributed by atoms with Crippen LogP contribution < -0.4 is 10.6 Å². The molecule has 28 heavy (non-hydrogen) atoms. The number of nitrogens with one attached hydrogen (secondary N) is 2. The summed E-state index contributed by atoms with van der Waals surface area (Å²) < 4.78 is 0. The maximum atomic E-state index is 6.38. The Hall–Kier alpha value is -1.68. The molecule has 1 aromatic rings. The quantitative estimate of drug-likeness (QED) is 0.405. The third kappa shape index (κ3) is 6.73. The Labute approximate surface area is 179 Å². The number of aryl methyl sites for hydroxylation is 1. The Morgan fingerprint density at radius 2 is 2.07 bits per heavy atom. The fourth-order valence-electron chi connectivity index (χ4n) is 3.08. The molecule has 5 heteroatoms. The van der Waals surface area contributed by atoms with Crippen LogP contribution >= 0.6 is 23.2 Å². The van der Waals surface area contributed by atoms with Gasteiger partial charge in [0, 0.05) is 11.4 Å². The van der Waals surface area contributed by atoms with Crippen LogP contribution in [0.4, 0.5) is 11.4 Å². The fourth-order valence-corrected chi connectivity index (χ4v) is 3.49. The van der Waals surface area contributed by atoms with Crippen LogP contribution in [0.25, 0.3) is 0 Å². The van der Waals surface area contributed by atoms with Gasteiger partial charge in [0.05, 0.1) is 21.4 Å². The summed E-state index contributed by atoms with van der Waals surface area (Å²) in [5.41, 5.74) is 5.30. The number of halogens is 2. The molecule has 0 unspecified atom stereocenters. The molecule has 0 atom stereocenters. The number of hydrogen-bond acceptors (Lipinski definition) is 3. The normalized spacial score (nSPS) is 14.9. The van der Waals surface area contributed by atoms with Gasteiger partial charge in [-0.25, -0.2) is 0 Å². The van der Waals surface area contributed by atoms with Crippen molar-refractivity contribution in [2.75, 3.05) is 31.3 Å². The number of allylic oxidation sites excluding steroid dienone is 7. The number of rotatable bonds is 10. The van der Waals surface area contributed by atoms with Crippen LogP contribution in [0.15, 0.2) is 64.5 Å². The van der Waals surface area contributed by atoms with Crippen LogP contribution in [0.2, 0.25) is 0 Å². The van der Waals surface area contributed by atoms with Gasteiger partial charge in [0.15, 0.2) is 0 Å². The average molecular weight is 420 g/mol. The maximum absolute atomic E-state index is 6.38. The molecule has 0 aromatic heterocycles. The predicted octanol–water partition coefficient (Wildman–Crippen LogP) is 6.85. The summed E-state index contributed by atoms with van der Waals surface area (Å²) in [6.07, 6.45) is 10.6. The third-order valence-corrected chi connectivity index (χ3v) is 5.40. The molecule has 2 N–H and O–H groups in total. The van der Waals surface area contributed by atoms with Crippen LogP contribution in [0, 0.1) is 0 Å². The van der Waals surface area contributed by atoms with Crippen molar-refractivity contribution >= 4 is 34.6 Å². The van der Waals surface area contributed by atoms with Crippen molar-refractivity contribution in [2.24, 2.45) is 0 Å². The first-order valence-electron chi connectivity index (χ1n) is 9.82. The summed E-state index contributed by atoms with van der Waals surface area (Å²) in [5, 5.41) is 8.44. The summed E-state index contributed by atoms with van der Waals surface area (Å²) in [6, 6.07) is 6.51. The lowest BCUT2D eigenvalue weighted by atomic mass is 10.1. The van der Waals surface area contributed by atoms with Gasteiger partial charge in [0.2, 0.25) is 0 Å². The molecule has 152 valence electrons. The van der Waals surface area contributed by atoms with Gasteiger partial charge in [-0.1, -0.05) is 48.8 Å². The van der Waals surface area contributed by atoms with Crippen molar-refractivity contribution in [3.05, 3.63) is 70.0 Å². The van der Waals surface area contributed by atoms with E-state index in [-0.39, 0.29) is 0 Å². The van der Waals surface area contributed by atoms with E-state index in [1.807, 2.05) is 6.08 Å². The summed E-state index contributed by atoms with van der Waals surface area (Å²) >= 11 is 12.7. The first kappa shape index (κ1) is 22.6. The number of anilines is 2. The van der Waals surface area contributed by atoms with E-state index in [1.165, 1.54) is 5.56 Å². The highest BCUT2D eigenvalue weighted by Crippen LogP contribution is 2.31. The zero-order valence-electron chi connectivity index (χ0n) is 17.1. The lowest BCUT2D eigenvalue weighted by molar-refractivity contribution is 0.400. The molecule has 3 nitrogen and oxygen atoms in total. The highest BCUT2D eigenvalue weighted by atomic mass is 35.5. The van der Waals surface area contributed by atoms with E-state index in [4.69, 9.17) is 23.2 Å². The van der Waals surface area contributed by atoms with Crippen molar-refractivity contribution in [1.29, 1.82) is 0 Å². The van der Waals surface area contributed by atoms with Gasteiger partial charge in [-0.15, -0.1) is 0 Å². The molecule has 0 aliphatic heterocycles. The average Bonchev–Trinajstić information content (AvgIpc) is 2.68. The van der Waals surface area contributed by atoms with Crippen LogP contribution in [-0.4, -0.2) is 25.5 Å². The second-order valence-electron chi connectivity index (χ2n) is 7.19. The molecule has 2 rings (SSSR count). The van der Waals surface area contributed by atoms with Crippen molar-refractivity contribution in [3.63, 3.8) is 0 Å². The molecule has 0 radical (unpaired) electrons. The number of hydrogen-bond donors (Lipinski definition) is 2. The minimum absolute atomic E-state index is 0.643. The van der Waals surface area contributed by atoms with Gasteiger partial charge in [-0.2, -0.15) is 0 Å². The molecule has 1 aliphatic carbocycles. The number of nitrogens with zero attached hydrogens (tertiary/aromatic N) is 1. The minimum Gasteiger partial charge on any atom is -0.356 e. The monoisotopic (exact) mass is 419 g/mol. The van der Waals surface area contributed by atoms with Crippen LogP contribution in [-0.2, 0) is 6.42 Å². The van der Waals surface area contributed by atoms with E-state index in [0.717, 1.165) is 66.5 Å². The minimum atomic E-state index is 0.643. The van der Waals surface area contributed by atoms with Gasteiger partial charge >= 0.3 is 0 Å². The lowest BCUT2D eigenvalue weighted by Crippen LogP contribution is -2.13. The molecule has 0 fully saturated rings. The third-order valence-electron chi connectivity index (χ3n) is 4.66. The predicted molar refractivity (Wildman–Crippen MR) is 125 cm³/mol. The van der Waals surface area contributed by atoms with Gasteiger partial charge < -0.3 is 15.5 Å². The smallest absolute Gasteiger partial charge is 0.0624 e. The summed E-state index contributed by atoms with van der Waals surface area (Å²) in [6.45, 7) is 6.94. The van der Waals surface area contributed by atoms with Crippen molar-refractivity contribution in [2.45, 2.75) is 39.0 Å². The molecule has 0 spiro atoms. The second-order valence-corrected chi connectivity index (χ2v) is 8.00. The van der Waals surface area contributed by atoms with E-state index in [0.29, 0.717) is 5.03 Å². The Morgan fingerprint density at radius 1 is 1.29 bits per heavy atom. The van der Waals surface area contributed by atoms with Gasteiger partial charge in [0.1, 0.15) is 0 Å². The molecular weight excluding hydrogens is 389 g/mol. The molecule has 1 aliphatic rings.